The van der Waals surface area contributed by atoms with E-state index in [9.17, 15) is 0 Å². The van der Waals surface area contributed by atoms with E-state index in [0.29, 0.717) is 5.92 Å². The Labute approximate surface area is 128 Å². The summed E-state index contributed by atoms with van der Waals surface area (Å²) in [5.41, 5.74) is 1.16. The number of nitrogens with zero attached hydrogens (tertiary/aromatic N) is 3. The van der Waals surface area contributed by atoms with Crippen molar-refractivity contribution in [1.82, 2.24) is 15.2 Å². The zero-order valence-electron chi connectivity index (χ0n) is 12.6. The van der Waals surface area contributed by atoms with Crippen LogP contribution in [0.15, 0.2) is 0 Å². The van der Waals surface area contributed by atoms with Crippen LogP contribution in [0.1, 0.15) is 57.2 Å². The second-order valence-corrected chi connectivity index (χ2v) is 7.08. The summed E-state index contributed by atoms with van der Waals surface area (Å²) in [7, 11) is 0. The van der Waals surface area contributed by atoms with Gasteiger partial charge in [0.25, 0.3) is 0 Å². The lowest BCUT2D eigenvalue weighted by Gasteiger charge is -2.01. The molecule has 0 spiro atoms. The van der Waals surface area contributed by atoms with Crippen LogP contribution in [0.5, 0.6) is 0 Å². The minimum atomic E-state index is 0.418. The standard InChI is InChI=1S/C14H22N4S2/c1-5-7-8-15-14-18-17-13(20-14)12-11(9(3)4)16-10(6-2)19-12/h9H,5-8H2,1-4H3,(H,15,18). The number of aromatic nitrogens is 3. The number of hydrogen-bond acceptors (Lipinski definition) is 6. The van der Waals surface area contributed by atoms with Crippen molar-refractivity contribution < 1.29 is 0 Å². The monoisotopic (exact) mass is 310 g/mol. The molecule has 0 aliphatic rings. The summed E-state index contributed by atoms with van der Waals surface area (Å²) in [6.07, 6.45) is 3.32. The Hall–Kier alpha value is -1.01. The molecular formula is C14H22N4S2. The Morgan fingerprint density at radius 2 is 1.95 bits per heavy atom. The lowest BCUT2D eigenvalue weighted by Crippen LogP contribution is -1.99. The molecular weight excluding hydrogens is 288 g/mol. The SMILES string of the molecule is CCCCNc1nnc(-c2sc(CC)nc2C(C)C)s1. The van der Waals surface area contributed by atoms with E-state index in [2.05, 4.69) is 43.2 Å². The van der Waals surface area contributed by atoms with Crippen molar-refractivity contribution in [3.05, 3.63) is 10.7 Å². The van der Waals surface area contributed by atoms with Gasteiger partial charge in [0, 0.05) is 6.54 Å². The van der Waals surface area contributed by atoms with Crippen molar-refractivity contribution in [2.45, 2.75) is 52.9 Å². The molecule has 2 heterocycles. The van der Waals surface area contributed by atoms with E-state index in [0.717, 1.165) is 35.2 Å². The lowest BCUT2D eigenvalue weighted by atomic mass is 10.1. The number of unbranched alkanes of at least 4 members (excludes halogenated alkanes) is 1. The molecule has 0 unspecified atom stereocenters. The topological polar surface area (TPSA) is 50.7 Å². The number of aryl methyl sites for hydroxylation is 1. The van der Waals surface area contributed by atoms with Gasteiger partial charge >= 0.3 is 0 Å². The molecule has 0 aliphatic heterocycles. The third kappa shape index (κ3) is 3.55. The minimum absolute atomic E-state index is 0.418. The summed E-state index contributed by atoms with van der Waals surface area (Å²) in [4.78, 5) is 5.92. The second kappa shape index (κ2) is 7.13. The fourth-order valence-corrected chi connectivity index (χ4v) is 3.84. The zero-order chi connectivity index (χ0) is 14.5. The van der Waals surface area contributed by atoms with Gasteiger partial charge in [-0.25, -0.2) is 4.98 Å². The Morgan fingerprint density at radius 1 is 1.15 bits per heavy atom. The molecule has 0 amide bonds. The molecule has 2 aromatic rings. The van der Waals surface area contributed by atoms with Gasteiger partial charge in [-0.2, -0.15) is 0 Å². The highest BCUT2D eigenvalue weighted by molar-refractivity contribution is 7.23. The number of thiazole rings is 1. The fourth-order valence-electron chi connectivity index (χ4n) is 1.83. The molecule has 1 N–H and O–H groups in total. The zero-order valence-corrected chi connectivity index (χ0v) is 14.2. The van der Waals surface area contributed by atoms with Gasteiger partial charge in [-0.15, -0.1) is 21.5 Å². The average molecular weight is 310 g/mol. The molecule has 0 radical (unpaired) electrons. The highest BCUT2D eigenvalue weighted by atomic mass is 32.1. The molecule has 6 heteroatoms. The highest BCUT2D eigenvalue weighted by Gasteiger charge is 2.18. The maximum Gasteiger partial charge on any atom is 0.206 e. The molecule has 0 fully saturated rings. The Kier molecular flexibility index (Phi) is 5.48. The van der Waals surface area contributed by atoms with Crippen molar-refractivity contribution in [2.75, 3.05) is 11.9 Å². The third-order valence-corrected chi connectivity index (χ3v) is 5.22. The first-order chi connectivity index (χ1) is 9.65. The van der Waals surface area contributed by atoms with Crippen LogP contribution in [0, 0.1) is 0 Å². The van der Waals surface area contributed by atoms with Gasteiger partial charge in [0.1, 0.15) is 0 Å². The van der Waals surface area contributed by atoms with Gasteiger partial charge < -0.3 is 5.32 Å². The molecule has 0 saturated carbocycles. The smallest absolute Gasteiger partial charge is 0.206 e. The molecule has 0 saturated heterocycles. The van der Waals surface area contributed by atoms with E-state index in [1.807, 2.05) is 0 Å². The predicted molar refractivity (Wildman–Crippen MR) is 87.9 cm³/mol. The highest BCUT2D eigenvalue weighted by Crippen LogP contribution is 2.37. The van der Waals surface area contributed by atoms with E-state index < -0.39 is 0 Å². The Bertz CT molecular complexity index is 545. The van der Waals surface area contributed by atoms with Gasteiger partial charge in [0.15, 0.2) is 5.01 Å². The predicted octanol–water partition coefficient (Wildman–Crippen LogP) is 4.56. The molecule has 20 heavy (non-hydrogen) atoms. The van der Waals surface area contributed by atoms with Crippen LogP contribution < -0.4 is 5.32 Å². The molecule has 0 aliphatic carbocycles. The Balaban J connectivity index is 2.20. The molecule has 0 bridgehead atoms. The summed E-state index contributed by atoms with van der Waals surface area (Å²) < 4.78 is 0. The van der Waals surface area contributed by atoms with Crippen molar-refractivity contribution in [1.29, 1.82) is 0 Å². The number of rotatable bonds is 7. The average Bonchev–Trinajstić information content (AvgIpc) is 3.04. The van der Waals surface area contributed by atoms with E-state index in [1.165, 1.54) is 16.3 Å². The number of nitrogens with one attached hydrogen (secondary N) is 1. The summed E-state index contributed by atoms with van der Waals surface area (Å²) in [6, 6.07) is 0. The van der Waals surface area contributed by atoms with Crippen LogP contribution in [0.3, 0.4) is 0 Å². The van der Waals surface area contributed by atoms with Crippen molar-refractivity contribution in [2.24, 2.45) is 0 Å². The molecule has 2 rings (SSSR count). The second-order valence-electron chi connectivity index (χ2n) is 5.02. The van der Waals surface area contributed by atoms with Crippen molar-refractivity contribution in [3.8, 4) is 9.88 Å². The van der Waals surface area contributed by atoms with Crippen LogP contribution in [0.25, 0.3) is 9.88 Å². The van der Waals surface area contributed by atoms with Crippen LogP contribution in [0.2, 0.25) is 0 Å². The van der Waals surface area contributed by atoms with E-state index in [1.54, 1.807) is 22.7 Å². The van der Waals surface area contributed by atoms with Crippen LogP contribution >= 0.6 is 22.7 Å². The first-order valence-electron chi connectivity index (χ1n) is 7.23. The molecule has 110 valence electrons. The van der Waals surface area contributed by atoms with E-state index in [-0.39, 0.29) is 0 Å². The Morgan fingerprint density at radius 3 is 2.60 bits per heavy atom. The first-order valence-corrected chi connectivity index (χ1v) is 8.86. The van der Waals surface area contributed by atoms with E-state index in [4.69, 9.17) is 4.98 Å². The first kappa shape index (κ1) is 15.4. The van der Waals surface area contributed by atoms with Gasteiger partial charge in [-0.3, -0.25) is 0 Å². The number of hydrogen-bond donors (Lipinski definition) is 1. The van der Waals surface area contributed by atoms with Crippen molar-refractivity contribution in [3.63, 3.8) is 0 Å². The quantitative estimate of drug-likeness (QED) is 0.762. The van der Waals surface area contributed by atoms with Gasteiger partial charge in [0.05, 0.1) is 15.6 Å². The maximum absolute atomic E-state index is 4.73. The van der Waals surface area contributed by atoms with Crippen LogP contribution in [-0.2, 0) is 6.42 Å². The molecule has 2 aromatic heterocycles. The maximum atomic E-state index is 4.73. The third-order valence-electron chi connectivity index (χ3n) is 2.97. The van der Waals surface area contributed by atoms with Crippen LogP contribution in [-0.4, -0.2) is 21.7 Å². The van der Waals surface area contributed by atoms with Crippen LogP contribution in [0.4, 0.5) is 5.13 Å². The summed E-state index contributed by atoms with van der Waals surface area (Å²) in [5.74, 6) is 0.418. The largest absolute Gasteiger partial charge is 0.360 e. The normalized spacial score (nSPS) is 11.2. The molecule has 0 aromatic carbocycles. The van der Waals surface area contributed by atoms with Gasteiger partial charge in [-0.1, -0.05) is 45.5 Å². The lowest BCUT2D eigenvalue weighted by molar-refractivity contribution is 0.824. The summed E-state index contributed by atoms with van der Waals surface area (Å²) in [6.45, 7) is 9.65. The minimum Gasteiger partial charge on any atom is -0.360 e. The summed E-state index contributed by atoms with van der Waals surface area (Å²) in [5, 5.41) is 15.0. The fraction of sp³-hybridized carbons (Fsp3) is 0.643. The number of anilines is 1. The van der Waals surface area contributed by atoms with Crippen molar-refractivity contribution >= 4 is 27.8 Å². The van der Waals surface area contributed by atoms with Gasteiger partial charge in [-0.05, 0) is 18.8 Å². The van der Waals surface area contributed by atoms with E-state index >= 15 is 0 Å². The molecule has 4 nitrogen and oxygen atoms in total. The van der Waals surface area contributed by atoms with Gasteiger partial charge in [0.2, 0.25) is 5.13 Å². The molecule has 0 atom stereocenters. The summed E-state index contributed by atoms with van der Waals surface area (Å²) >= 11 is 3.38.